The second-order valence-corrected chi connectivity index (χ2v) is 9.78. The van der Waals surface area contributed by atoms with Crippen molar-refractivity contribution in [3.05, 3.63) is 11.6 Å². The predicted octanol–water partition coefficient (Wildman–Crippen LogP) is 1.57. The zero-order chi connectivity index (χ0) is 19.1. The Morgan fingerprint density at radius 2 is 1.69 bits per heavy atom. The first-order valence-electron chi connectivity index (χ1n) is 10.1. The lowest BCUT2D eigenvalue weighted by Gasteiger charge is -2.61. The number of Topliss-reactive ketones (excluding diaryl/α,β-unsaturated/α-hetero) is 1. The summed E-state index contributed by atoms with van der Waals surface area (Å²) in [6.45, 7) is 5.63. The number of hydrogen-bond acceptors (Lipinski definition) is 5. The highest BCUT2D eigenvalue weighted by Crippen LogP contribution is 2.67. The molecule has 0 saturated heterocycles. The van der Waals surface area contributed by atoms with Crippen molar-refractivity contribution >= 4 is 5.78 Å². The van der Waals surface area contributed by atoms with Crippen LogP contribution in [0.4, 0.5) is 0 Å². The molecule has 146 valence electrons. The fraction of sp³-hybridized carbons (Fsp3) is 0.857. The standard InChI is InChI=1S/C21H32O5/c1-11(22)21(26)9-6-14-16-13(5-8-20(14,21)3)19(2)7-4-12(23)10-15(19)17(24)18(16)25/h10,12-14,16-18,23-26H,4-9H2,1-3H3/t12-,13-,14-,16+,17-,18-,19+,20-,21-/m0/s1. The van der Waals surface area contributed by atoms with Gasteiger partial charge in [-0.1, -0.05) is 19.9 Å². The molecule has 4 aliphatic rings. The number of fused-ring (bicyclic) bond motifs is 5. The van der Waals surface area contributed by atoms with Crippen LogP contribution in [0.2, 0.25) is 0 Å². The number of aliphatic hydroxyl groups is 4. The maximum atomic E-state index is 12.3. The van der Waals surface area contributed by atoms with Crippen molar-refractivity contribution in [2.45, 2.75) is 83.2 Å². The van der Waals surface area contributed by atoms with E-state index in [2.05, 4.69) is 6.92 Å². The van der Waals surface area contributed by atoms with E-state index in [0.29, 0.717) is 19.3 Å². The third-order valence-corrected chi connectivity index (χ3v) is 8.91. The lowest BCUT2D eigenvalue weighted by molar-refractivity contribution is -0.180. The monoisotopic (exact) mass is 364 g/mol. The van der Waals surface area contributed by atoms with Gasteiger partial charge in [0.2, 0.25) is 0 Å². The summed E-state index contributed by atoms with van der Waals surface area (Å²) in [5.41, 5.74) is -1.33. The highest BCUT2D eigenvalue weighted by atomic mass is 16.3. The molecule has 5 nitrogen and oxygen atoms in total. The molecule has 0 amide bonds. The summed E-state index contributed by atoms with van der Waals surface area (Å²) in [5, 5.41) is 43.1. The van der Waals surface area contributed by atoms with E-state index in [1.165, 1.54) is 6.92 Å². The molecule has 4 aliphatic carbocycles. The van der Waals surface area contributed by atoms with Crippen molar-refractivity contribution in [2.75, 3.05) is 0 Å². The van der Waals surface area contributed by atoms with Crippen LogP contribution in [0.5, 0.6) is 0 Å². The lowest BCUT2D eigenvalue weighted by Crippen LogP contribution is -2.63. The van der Waals surface area contributed by atoms with Crippen LogP contribution in [-0.2, 0) is 4.79 Å². The molecule has 9 atom stereocenters. The first kappa shape index (κ1) is 18.6. The van der Waals surface area contributed by atoms with Crippen molar-refractivity contribution in [1.82, 2.24) is 0 Å². The lowest BCUT2D eigenvalue weighted by atomic mass is 9.45. The van der Waals surface area contributed by atoms with Crippen LogP contribution < -0.4 is 0 Å². The maximum Gasteiger partial charge on any atom is 0.161 e. The van der Waals surface area contributed by atoms with E-state index >= 15 is 0 Å². The largest absolute Gasteiger partial charge is 0.390 e. The van der Waals surface area contributed by atoms with Gasteiger partial charge in [-0.2, -0.15) is 0 Å². The fourth-order valence-corrected chi connectivity index (χ4v) is 7.31. The van der Waals surface area contributed by atoms with Gasteiger partial charge in [-0.15, -0.1) is 0 Å². The topological polar surface area (TPSA) is 98.0 Å². The summed E-state index contributed by atoms with van der Waals surface area (Å²) in [6, 6.07) is 0. The first-order valence-corrected chi connectivity index (χ1v) is 10.1. The van der Waals surface area contributed by atoms with E-state index in [1.807, 2.05) is 6.92 Å². The van der Waals surface area contributed by atoms with Crippen molar-refractivity contribution in [3.8, 4) is 0 Å². The van der Waals surface area contributed by atoms with Gasteiger partial charge in [0.05, 0.1) is 12.2 Å². The van der Waals surface area contributed by atoms with Gasteiger partial charge in [-0.3, -0.25) is 4.79 Å². The second kappa shape index (κ2) is 5.63. The number of aliphatic hydroxyl groups excluding tert-OH is 3. The van der Waals surface area contributed by atoms with E-state index in [-0.39, 0.29) is 29.0 Å². The second-order valence-electron chi connectivity index (χ2n) is 9.78. The smallest absolute Gasteiger partial charge is 0.161 e. The van der Waals surface area contributed by atoms with Gasteiger partial charge in [0.15, 0.2) is 5.78 Å². The molecule has 0 radical (unpaired) electrons. The Labute approximate surface area is 155 Å². The quantitative estimate of drug-likeness (QED) is 0.530. The maximum absolute atomic E-state index is 12.3. The Kier molecular flexibility index (Phi) is 4.03. The van der Waals surface area contributed by atoms with E-state index in [1.54, 1.807) is 6.08 Å². The minimum absolute atomic E-state index is 0.0185. The van der Waals surface area contributed by atoms with Gasteiger partial charge in [0.25, 0.3) is 0 Å². The molecule has 0 aromatic heterocycles. The normalized spacial score (nSPS) is 56.2. The molecule has 0 aromatic rings. The first-order chi connectivity index (χ1) is 12.1. The zero-order valence-electron chi connectivity index (χ0n) is 16.0. The van der Waals surface area contributed by atoms with Crippen molar-refractivity contribution in [3.63, 3.8) is 0 Å². The summed E-state index contributed by atoms with van der Waals surface area (Å²) in [7, 11) is 0. The number of carbonyl (C=O) groups is 1. The van der Waals surface area contributed by atoms with Gasteiger partial charge in [-0.05, 0) is 74.2 Å². The van der Waals surface area contributed by atoms with E-state index < -0.39 is 29.3 Å². The Morgan fingerprint density at radius 1 is 1.04 bits per heavy atom. The van der Waals surface area contributed by atoms with Crippen LogP contribution in [-0.4, -0.2) is 50.1 Å². The van der Waals surface area contributed by atoms with Gasteiger partial charge in [0.1, 0.15) is 11.7 Å². The Hall–Kier alpha value is -0.750. The molecule has 3 fully saturated rings. The van der Waals surface area contributed by atoms with Crippen LogP contribution in [0.15, 0.2) is 11.6 Å². The molecule has 0 aromatic carbocycles. The number of hydrogen-bond donors (Lipinski definition) is 4. The highest BCUT2D eigenvalue weighted by Gasteiger charge is 2.68. The summed E-state index contributed by atoms with van der Waals surface area (Å²) in [6.07, 6.45) is 3.49. The summed E-state index contributed by atoms with van der Waals surface area (Å²) in [5.74, 6) is -0.0917. The minimum Gasteiger partial charge on any atom is -0.390 e. The van der Waals surface area contributed by atoms with Gasteiger partial charge in [-0.25, -0.2) is 0 Å². The Bertz CT molecular complexity index is 659. The zero-order valence-corrected chi connectivity index (χ0v) is 16.0. The minimum atomic E-state index is -1.33. The molecular formula is C21H32O5. The van der Waals surface area contributed by atoms with Crippen LogP contribution in [0, 0.1) is 28.6 Å². The summed E-state index contributed by atoms with van der Waals surface area (Å²) >= 11 is 0. The average molecular weight is 364 g/mol. The Morgan fingerprint density at radius 3 is 2.35 bits per heavy atom. The number of carbonyl (C=O) groups excluding carboxylic acids is 1. The summed E-state index contributed by atoms with van der Waals surface area (Å²) < 4.78 is 0. The molecular weight excluding hydrogens is 332 g/mol. The third kappa shape index (κ3) is 2.09. The molecule has 0 spiro atoms. The highest BCUT2D eigenvalue weighted by molar-refractivity contribution is 5.86. The molecule has 26 heavy (non-hydrogen) atoms. The van der Waals surface area contributed by atoms with Crippen molar-refractivity contribution in [2.24, 2.45) is 28.6 Å². The van der Waals surface area contributed by atoms with Crippen molar-refractivity contribution < 1.29 is 25.2 Å². The number of rotatable bonds is 1. The van der Waals surface area contributed by atoms with E-state index in [4.69, 9.17) is 0 Å². The molecule has 0 bridgehead atoms. The molecule has 4 N–H and O–H groups in total. The van der Waals surface area contributed by atoms with Gasteiger partial charge in [0, 0.05) is 5.41 Å². The van der Waals surface area contributed by atoms with Crippen molar-refractivity contribution in [1.29, 1.82) is 0 Å². The van der Waals surface area contributed by atoms with Crippen LogP contribution >= 0.6 is 0 Å². The van der Waals surface area contributed by atoms with Gasteiger partial charge < -0.3 is 20.4 Å². The average Bonchev–Trinajstić information content (AvgIpc) is 2.87. The van der Waals surface area contributed by atoms with E-state index in [9.17, 15) is 25.2 Å². The Balaban J connectivity index is 1.77. The molecule has 3 saturated carbocycles. The van der Waals surface area contributed by atoms with Crippen LogP contribution in [0.25, 0.3) is 0 Å². The molecule has 4 rings (SSSR count). The molecule has 0 heterocycles. The summed E-state index contributed by atoms with van der Waals surface area (Å²) in [4.78, 5) is 12.3. The molecule has 0 unspecified atom stereocenters. The van der Waals surface area contributed by atoms with Crippen LogP contribution in [0.1, 0.15) is 59.3 Å². The fourth-order valence-electron chi connectivity index (χ4n) is 7.31. The van der Waals surface area contributed by atoms with Crippen LogP contribution in [0.3, 0.4) is 0 Å². The van der Waals surface area contributed by atoms with Gasteiger partial charge >= 0.3 is 0 Å². The molecule has 5 heteroatoms. The predicted molar refractivity (Wildman–Crippen MR) is 96.1 cm³/mol. The number of ketones is 1. The van der Waals surface area contributed by atoms with E-state index in [0.717, 1.165) is 24.8 Å². The SMILES string of the molecule is CC(=O)[C@@]1(O)CC[C@H]2[C@@H]3[C@H](O)[C@@H](O)C4=C[C@@H](O)CC[C@]4(C)[C@H]3CC[C@@]21C. The third-order valence-electron chi connectivity index (χ3n) is 8.91. The molecule has 0 aliphatic heterocycles.